The van der Waals surface area contributed by atoms with Crippen LogP contribution >= 0.6 is 11.6 Å². The lowest BCUT2D eigenvalue weighted by Crippen LogP contribution is -2.48. The normalized spacial score (nSPS) is 15.4. The molecule has 0 aliphatic carbocycles. The Labute approximate surface area is 166 Å². The van der Waals surface area contributed by atoms with Crippen LogP contribution in [0.3, 0.4) is 0 Å². The van der Waals surface area contributed by atoms with Gasteiger partial charge < -0.3 is 4.90 Å². The molecule has 2 aromatic rings. The van der Waals surface area contributed by atoms with Crippen LogP contribution in [0, 0.1) is 0 Å². The van der Waals surface area contributed by atoms with Gasteiger partial charge in [0.2, 0.25) is 10.0 Å². The van der Waals surface area contributed by atoms with Gasteiger partial charge in [0, 0.05) is 19.2 Å². The first-order valence-electron chi connectivity index (χ1n) is 9.23. The van der Waals surface area contributed by atoms with E-state index in [1.165, 1.54) is 4.31 Å². The number of hydrogen-bond acceptors (Lipinski definition) is 4. The summed E-state index contributed by atoms with van der Waals surface area (Å²) in [6.45, 7) is 8.01. The zero-order valence-electron chi connectivity index (χ0n) is 15.7. The minimum atomic E-state index is -3.44. The van der Waals surface area contributed by atoms with E-state index >= 15 is 0 Å². The maximum absolute atomic E-state index is 12.6. The van der Waals surface area contributed by atoms with Gasteiger partial charge in [0.25, 0.3) is 5.82 Å². The molecule has 3 rings (SSSR count). The summed E-state index contributed by atoms with van der Waals surface area (Å²) in [7, 11) is -3.44. The molecule has 0 bridgehead atoms. The van der Waals surface area contributed by atoms with Gasteiger partial charge in [-0.2, -0.15) is 4.31 Å². The Bertz CT molecular complexity index is 862. The lowest BCUT2D eigenvalue weighted by Gasteiger charge is -2.33. The summed E-state index contributed by atoms with van der Waals surface area (Å²) < 4.78 is 26.6. The molecule has 1 aromatic carbocycles. The maximum atomic E-state index is 12.6. The number of pyridine rings is 1. The number of nitrogens with one attached hydrogen (secondary N) is 1. The molecule has 1 aliphatic rings. The molecular weight excluding hydrogens is 384 g/mol. The van der Waals surface area contributed by atoms with Gasteiger partial charge in [0.1, 0.15) is 24.2 Å². The number of anilines is 2. The van der Waals surface area contributed by atoms with Gasteiger partial charge in [-0.3, -0.25) is 4.90 Å². The van der Waals surface area contributed by atoms with Gasteiger partial charge in [-0.05, 0) is 18.2 Å². The Morgan fingerprint density at radius 1 is 1.00 bits per heavy atom. The van der Waals surface area contributed by atoms with Crippen molar-refractivity contribution in [2.24, 2.45) is 0 Å². The number of sulfonamides is 1. The third-order valence-electron chi connectivity index (χ3n) is 4.92. The van der Waals surface area contributed by atoms with Crippen LogP contribution in [0.5, 0.6) is 0 Å². The van der Waals surface area contributed by atoms with E-state index in [-0.39, 0.29) is 0 Å². The first-order valence-corrected chi connectivity index (χ1v) is 11.1. The van der Waals surface area contributed by atoms with Crippen LogP contribution in [0.15, 0.2) is 47.5 Å². The van der Waals surface area contributed by atoms with Crippen molar-refractivity contribution in [3.63, 3.8) is 0 Å². The van der Waals surface area contributed by atoms with E-state index in [1.807, 2.05) is 44.2 Å². The van der Waals surface area contributed by atoms with Crippen molar-refractivity contribution in [3.05, 3.63) is 47.6 Å². The van der Waals surface area contributed by atoms with Crippen molar-refractivity contribution in [1.29, 1.82) is 0 Å². The molecule has 6 nitrogen and oxygen atoms in total. The molecule has 0 unspecified atom stereocenters. The molecule has 27 heavy (non-hydrogen) atoms. The van der Waals surface area contributed by atoms with Crippen LogP contribution in [0.4, 0.5) is 11.5 Å². The van der Waals surface area contributed by atoms with Crippen molar-refractivity contribution in [2.75, 3.05) is 49.1 Å². The fraction of sp³-hybridized carbons (Fsp3) is 0.421. The maximum Gasteiger partial charge on any atom is 0.274 e. The molecule has 2 heterocycles. The number of rotatable bonds is 6. The topological polar surface area (TPSA) is 58.0 Å². The second-order valence-electron chi connectivity index (χ2n) is 6.42. The SMILES string of the molecule is CCN(CC)S(=O)(=O)c1ccc(N2CCN(c3ccccc3Cl)CC2)[nH+]c1. The number of aromatic amines is 1. The lowest BCUT2D eigenvalue weighted by molar-refractivity contribution is -0.367. The highest BCUT2D eigenvalue weighted by atomic mass is 35.5. The predicted molar refractivity (Wildman–Crippen MR) is 109 cm³/mol. The smallest absolute Gasteiger partial charge is 0.274 e. The number of para-hydroxylation sites is 1. The molecule has 0 atom stereocenters. The fourth-order valence-electron chi connectivity index (χ4n) is 3.37. The van der Waals surface area contributed by atoms with E-state index in [1.54, 1.807) is 12.3 Å². The Balaban J connectivity index is 1.68. The number of H-pyrrole nitrogens is 1. The molecule has 0 saturated carbocycles. The predicted octanol–water partition coefficient (Wildman–Crippen LogP) is 2.51. The highest BCUT2D eigenvalue weighted by molar-refractivity contribution is 7.89. The molecule has 0 amide bonds. The zero-order valence-corrected chi connectivity index (χ0v) is 17.3. The quantitative estimate of drug-likeness (QED) is 0.735. The molecular formula is C19H26ClN4O2S+. The van der Waals surface area contributed by atoms with E-state index in [0.29, 0.717) is 18.0 Å². The highest BCUT2D eigenvalue weighted by Gasteiger charge is 2.27. The van der Waals surface area contributed by atoms with Gasteiger partial charge in [-0.1, -0.05) is 37.6 Å². The van der Waals surface area contributed by atoms with Gasteiger partial charge in [0.05, 0.1) is 23.8 Å². The molecule has 1 aliphatic heterocycles. The van der Waals surface area contributed by atoms with E-state index in [2.05, 4.69) is 14.8 Å². The second kappa shape index (κ2) is 8.46. The molecule has 1 aromatic heterocycles. The fourth-order valence-corrected chi connectivity index (χ4v) is 5.05. The molecule has 1 fully saturated rings. The first-order chi connectivity index (χ1) is 13.0. The third kappa shape index (κ3) is 4.20. The summed E-state index contributed by atoms with van der Waals surface area (Å²) >= 11 is 6.30. The first kappa shape index (κ1) is 19.9. The average Bonchev–Trinajstić information content (AvgIpc) is 2.69. The van der Waals surface area contributed by atoms with Crippen molar-refractivity contribution in [1.82, 2.24) is 4.31 Å². The molecule has 146 valence electrons. The number of halogens is 1. The molecule has 1 saturated heterocycles. The Morgan fingerprint density at radius 2 is 1.63 bits per heavy atom. The van der Waals surface area contributed by atoms with Crippen LogP contribution in [-0.4, -0.2) is 52.0 Å². The van der Waals surface area contributed by atoms with E-state index in [0.717, 1.165) is 42.7 Å². The van der Waals surface area contributed by atoms with Crippen LogP contribution in [0.2, 0.25) is 5.02 Å². The van der Waals surface area contributed by atoms with Crippen LogP contribution < -0.4 is 14.8 Å². The van der Waals surface area contributed by atoms with Crippen LogP contribution in [0.25, 0.3) is 0 Å². The van der Waals surface area contributed by atoms with Crippen molar-refractivity contribution < 1.29 is 13.4 Å². The zero-order chi connectivity index (χ0) is 19.4. The molecule has 0 radical (unpaired) electrons. The number of nitrogens with zero attached hydrogens (tertiary/aromatic N) is 3. The van der Waals surface area contributed by atoms with Gasteiger partial charge in [-0.15, -0.1) is 0 Å². The van der Waals surface area contributed by atoms with E-state index in [4.69, 9.17) is 11.6 Å². The van der Waals surface area contributed by atoms with Gasteiger partial charge in [-0.25, -0.2) is 13.4 Å². The van der Waals surface area contributed by atoms with Crippen molar-refractivity contribution >= 4 is 33.1 Å². The minimum Gasteiger partial charge on any atom is -0.362 e. The third-order valence-corrected chi connectivity index (χ3v) is 7.29. The Hall–Kier alpha value is -1.83. The molecule has 8 heteroatoms. The van der Waals surface area contributed by atoms with E-state index < -0.39 is 10.0 Å². The Morgan fingerprint density at radius 3 is 2.19 bits per heavy atom. The van der Waals surface area contributed by atoms with Crippen molar-refractivity contribution in [3.8, 4) is 0 Å². The van der Waals surface area contributed by atoms with Gasteiger partial charge >= 0.3 is 0 Å². The van der Waals surface area contributed by atoms with Crippen molar-refractivity contribution in [2.45, 2.75) is 18.7 Å². The van der Waals surface area contributed by atoms with Crippen LogP contribution in [-0.2, 0) is 10.0 Å². The average molecular weight is 410 g/mol. The van der Waals surface area contributed by atoms with Crippen LogP contribution in [0.1, 0.15) is 13.8 Å². The van der Waals surface area contributed by atoms with E-state index in [9.17, 15) is 8.42 Å². The monoisotopic (exact) mass is 409 g/mol. The minimum absolute atomic E-state index is 0.296. The summed E-state index contributed by atoms with van der Waals surface area (Å²) in [5.74, 6) is 0.923. The lowest BCUT2D eigenvalue weighted by atomic mass is 10.2. The van der Waals surface area contributed by atoms with Gasteiger partial charge in [0.15, 0.2) is 0 Å². The number of hydrogen-bond donors (Lipinski definition) is 0. The number of benzene rings is 1. The summed E-state index contributed by atoms with van der Waals surface area (Å²) in [6, 6.07) is 11.4. The molecule has 1 N–H and O–H groups in total. The standard InChI is InChI=1S/C19H25ClN4O2S/c1-3-24(4-2)27(25,26)16-9-10-19(21-15-16)23-13-11-22(12-14-23)18-8-6-5-7-17(18)20/h5-10,15H,3-4,11-14H2,1-2H3/p+1. The number of piperazine rings is 1. The summed E-state index contributed by atoms with van der Waals surface area (Å²) in [5, 5.41) is 0.767. The second-order valence-corrected chi connectivity index (χ2v) is 8.77. The highest BCUT2D eigenvalue weighted by Crippen LogP contribution is 2.26. The Kier molecular flexibility index (Phi) is 6.24. The number of aromatic nitrogens is 1. The summed E-state index contributed by atoms with van der Waals surface area (Å²) in [5.41, 5.74) is 1.06. The molecule has 0 spiro atoms. The summed E-state index contributed by atoms with van der Waals surface area (Å²) in [4.78, 5) is 7.95. The largest absolute Gasteiger partial charge is 0.362 e. The summed E-state index contributed by atoms with van der Waals surface area (Å²) in [6.07, 6.45) is 1.59.